The number of esters is 1. The summed E-state index contributed by atoms with van der Waals surface area (Å²) in [6.07, 6.45) is 0.965. The second kappa shape index (κ2) is 8.91. The fourth-order valence-electron chi connectivity index (χ4n) is 1.41. The number of carbonyl (C=O) groups is 2. The third kappa shape index (κ3) is 6.59. The molecule has 5 heteroatoms. The van der Waals surface area contributed by atoms with Crippen LogP contribution in [0.1, 0.15) is 41.0 Å². The lowest BCUT2D eigenvalue weighted by molar-refractivity contribution is -0.149. The first kappa shape index (κ1) is 16.9. The van der Waals surface area contributed by atoms with Crippen molar-refractivity contribution in [2.45, 2.75) is 53.1 Å². The Kier molecular flexibility index (Phi) is 8.37. The van der Waals surface area contributed by atoms with Gasteiger partial charge in [-0.1, -0.05) is 6.92 Å². The molecule has 0 saturated carbocycles. The number of hydrogen-bond acceptors (Lipinski definition) is 4. The Morgan fingerprint density at radius 3 is 2.28 bits per heavy atom. The number of rotatable bonds is 8. The smallest absolute Gasteiger partial charge is 0.325 e. The molecule has 0 radical (unpaired) electrons. The Hall–Kier alpha value is -1.10. The summed E-state index contributed by atoms with van der Waals surface area (Å²) in [5.74, 6) is -0.429. The molecule has 1 unspecified atom stereocenters. The minimum absolute atomic E-state index is 0.0133. The molecule has 0 saturated heterocycles. The van der Waals surface area contributed by atoms with Crippen LogP contribution in [0, 0.1) is 0 Å². The van der Waals surface area contributed by atoms with E-state index >= 15 is 0 Å². The summed E-state index contributed by atoms with van der Waals surface area (Å²) in [6, 6.07) is 0.284. The zero-order valence-corrected chi connectivity index (χ0v) is 12.2. The van der Waals surface area contributed by atoms with Crippen molar-refractivity contribution in [3.05, 3.63) is 0 Å². The third-order valence-electron chi connectivity index (χ3n) is 2.76. The zero-order valence-electron chi connectivity index (χ0n) is 12.2. The molecule has 0 aromatic heterocycles. The summed E-state index contributed by atoms with van der Waals surface area (Å²) in [4.78, 5) is 25.0. The number of ether oxygens (including phenoxy) is 1. The third-order valence-corrected chi connectivity index (χ3v) is 2.76. The Morgan fingerprint density at radius 2 is 1.83 bits per heavy atom. The molecule has 1 amide bonds. The maximum atomic E-state index is 12.0. The van der Waals surface area contributed by atoms with Gasteiger partial charge in [0.25, 0.3) is 0 Å². The second-order valence-electron chi connectivity index (χ2n) is 4.61. The standard InChI is InChI=1S/C13H26N2O3/c1-6-11(5)14-8-12(16)15(10(3)4)9-13(17)18-7-2/h10-11,14H,6-9H2,1-5H3. The van der Waals surface area contributed by atoms with Crippen LogP contribution < -0.4 is 5.32 Å². The van der Waals surface area contributed by atoms with Crippen molar-refractivity contribution in [2.75, 3.05) is 19.7 Å². The van der Waals surface area contributed by atoms with Crippen LogP contribution in [0.5, 0.6) is 0 Å². The lowest BCUT2D eigenvalue weighted by Crippen LogP contribution is -2.46. The Bertz CT molecular complexity index is 267. The molecule has 0 bridgehead atoms. The van der Waals surface area contributed by atoms with Crippen LogP contribution >= 0.6 is 0 Å². The Balaban J connectivity index is 4.32. The van der Waals surface area contributed by atoms with Gasteiger partial charge in [0, 0.05) is 12.1 Å². The highest BCUT2D eigenvalue weighted by Crippen LogP contribution is 2.00. The van der Waals surface area contributed by atoms with E-state index in [-0.39, 0.29) is 31.0 Å². The Morgan fingerprint density at radius 1 is 1.22 bits per heavy atom. The quantitative estimate of drug-likeness (QED) is 0.664. The van der Waals surface area contributed by atoms with Gasteiger partial charge in [0.2, 0.25) is 5.91 Å². The predicted molar refractivity (Wildman–Crippen MR) is 71.2 cm³/mol. The van der Waals surface area contributed by atoms with E-state index in [4.69, 9.17) is 4.74 Å². The predicted octanol–water partition coefficient (Wildman–Crippen LogP) is 1.17. The van der Waals surface area contributed by atoms with E-state index in [0.717, 1.165) is 6.42 Å². The van der Waals surface area contributed by atoms with Gasteiger partial charge in [0.05, 0.1) is 13.2 Å². The van der Waals surface area contributed by atoms with Gasteiger partial charge < -0.3 is 15.0 Å². The van der Waals surface area contributed by atoms with Gasteiger partial charge in [-0.2, -0.15) is 0 Å². The molecule has 18 heavy (non-hydrogen) atoms. The minimum Gasteiger partial charge on any atom is -0.465 e. The van der Waals surface area contributed by atoms with E-state index in [9.17, 15) is 9.59 Å². The van der Waals surface area contributed by atoms with Crippen molar-refractivity contribution < 1.29 is 14.3 Å². The monoisotopic (exact) mass is 258 g/mol. The molecule has 0 aromatic carbocycles. The van der Waals surface area contributed by atoms with Gasteiger partial charge in [0.1, 0.15) is 6.54 Å². The van der Waals surface area contributed by atoms with E-state index in [0.29, 0.717) is 12.6 Å². The maximum Gasteiger partial charge on any atom is 0.325 e. The molecule has 0 aliphatic rings. The molecule has 0 fully saturated rings. The topological polar surface area (TPSA) is 58.6 Å². The first-order chi connectivity index (χ1) is 8.42. The van der Waals surface area contributed by atoms with Crippen LogP contribution in [0.3, 0.4) is 0 Å². The number of carbonyl (C=O) groups excluding carboxylic acids is 2. The van der Waals surface area contributed by atoms with Gasteiger partial charge in [-0.05, 0) is 34.1 Å². The molecule has 106 valence electrons. The summed E-state index contributed by atoms with van der Waals surface area (Å²) >= 11 is 0. The molecule has 0 spiro atoms. The highest BCUT2D eigenvalue weighted by atomic mass is 16.5. The molecule has 0 aliphatic heterocycles. The van der Waals surface area contributed by atoms with Crippen LogP contribution in [-0.2, 0) is 14.3 Å². The molecule has 5 nitrogen and oxygen atoms in total. The zero-order chi connectivity index (χ0) is 14.1. The number of hydrogen-bond donors (Lipinski definition) is 1. The van der Waals surface area contributed by atoms with Crippen molar-refractivity contribution in [1.82, 2.24) is 10.2 Å². The molecule has 0 aliphatic carbocycles. The maximum absolute atomic E-state index is 12.0. The van der Waals surface area contributed by atoms with E-state index in [2.05, 4.69) is 12.2 Å². The van der Waals surface area contributed by atoms with Gasteiger partial charge >= 0.3 is 5.97 Å². The van der Waals surface area contributed by atoms with E-state index < -0.39 is 0 Å². The molecular formula is C13H26N2O3. The summed E-state index contributed by atoms with van der Waals surface area (Å²) in [5.41, 5.74) is 0. The van der Waals surface area contributed by atoms with E-state index in [1.807, 2.05) is 20.8 Å². The first-order valence-electron chi connectivity index (χ1n) is 6.60. The fourth-order valence-corrected chi connectivity index (χ4v) is 1.41. The van der Waals surface area contributed by atoms with Crippen LogP contribution in [0.25, 0.3) is 0 Å². The molecule has 0 heterocycles. The van der Waals surface area contributed by atoms with Crippen molar-refractivity contribution in [3.8, 4) is 0 Å². The fraction of sp³-hybridized carbons (Fsp3) is 0.846. The summed E-state index contributed by atoms with van der Waals surface area (Å²) in [6.45, 7) is 10.2. The van der Waals surface area contributed by atoms with Crippen molar-refractivity contribution in [2.24, 2.45) is 0 Å². The SMILES string of the molecule is CCOC(=O)CN(C(=O)CNC(C)CC)C(C)C. The van der Waals surface area contributed by atoms with Crippen LogP contribution in [-0.4, -0.2) is 48.6 Å². The van der Waals surface area contributed by atoms with E-state index in [1.54, 1.807) is 6.92 Å². The minimum atomic E-state index is -0.358. The van der Waals surface area contributed by atoms with Gasteiger partial charge in [-0.25, -0.2) is 0 Å². The Labute approximate surface area is 110 Å². The van der Waals surface area contributed by atoms with Crippen molar-refractivity contribution in [3.63, 3.8) is 0 Å². The highest BCUT2D eigenvalue weighted by Gasteiger charge is 2.20. The van der Waals surface area contributed by atoms with Crippen LogP contribution in [0.4, 0.5) is 0 Å². The van der Waals surface area contributed by atoms with Crippen molar-refractivity contribution in [1.29, 1.82) is 0 Å². The molecule has 1 atom stereocenters. The normalized spacial score (nSPS) is 12.3. The molecule has 0 aromatic rings. The van der Waals surface area contributed by atoms with Gasteiger partial charge in [0.15, 0.2) is 0 Å². The number of nitrogens with zero attached hydrogens (tertiary/aromatic N) is 1. The molecule has 1 N–H and O–H groups in total. The number of nitrogens with one attached hydrogen (secondary N) is 1. The lowest BCUT2D eigenvalue weighted by atomic mass is 10.2. The van der Waals surface area contributed by atoms with Crippen LogP contribution in [0.2, 0.25) is 0 Å². The summed E-state index contributed by atoms with van der Waals surface area (Å²) < 4.78 is 4.87. The first-order valence-corrected chi connectivity index (χ1v) is 6.60. The van der Waals surface area contributed by atoms with Gasteiger partial charge in [-0.3, -0.25) is 9.59 Å². The average molecular weight is 258 g/mol. The average Bonchev–Trinajstić information content (AvgIpc) is 2.32. The molecule has 0 rings (SSSR count). The van der Waals surface area contributed by atoms with Crippen molar-refractivity contribution >= 4 is 11.9 Å². The largest absolute Gasteiger partial charge is 0.465 e. The number of amides is 1. The van der Waals surface area contributed by atoms with Gasteiger partial charge in [-0.15, -0.1) is 0 Å². The lowest BCUT2D eigenvalue weighted by Gasteiger charge is -2.26. The van der Waals surface area contributed by atoms with Crippen LogP contribution in [0.15, 0.2) is 0 Å². The van der Waals surface area contributed by atoms with E-state index in [1.165, 1.54) is 4.90 Å². The second-order valence-corrected chi connectivity index (χ2v) is 4.61. The summed E-state index contributed by atoms with van der Waals surface area (Å²) in [7, 11) is 0. The molecular weight excluding hydrogens is 232 g/mol. The highest BCUT2D eigenvalue weighted by molar-refractivity contribution is 5.83. The summed E-state index contributed by atoms with van der Waals surface area (Å²) in [5, 5.41) is 3.13.